The molecule has 0 saturated carbocycles. The predicted molar refractivity (Wildman–Crippen MR) is 96.7 cm³/mol. The van der Waals surface area contributed by atoms with E-state index in [1.54, 1.807) is 6.92 Å². The number of aliphatic hydroxyl groups is 2. The minimum atomic E-state index is -0.483. The maximum absolute atomic E-state index is 10.2. The Labute approximate surface area is 147 Å². The molecule has 0 aliphatic rings. The quantitative estimate of drug-likeness (QED) is 0.620. The summed E-state index contributed by atoms with van der Waals surface area (Å²) < 4.78 is 5.88. The molecule has 3 aromatic rings. The van der Waals surface area contributed by atoms with E-state index < -0.39 is 12.2 Å². The van der Waals surface area contributed by atoms with E-state index in [0.29, 0.717) is 13.1 Å². The van der Waals surface area contributed by atoms with Gasteiger partial charge in [0.25, 0.3) is 0 Å². The van der Waals surface area contributed by atoms with Crippen molar-refractivity contribution in [2.75, 3.05) is 6.54 Å². The second-order valence-corrected chi connectivity index (χ2v) is 6.22. The molecule has 4 N–H and O–H groups in total. The molecule has 2 aromatic carbocycles. The normalized spacial score (nSPS) is 13.6. The van der Waals surface area contributed by atoms with Gasteiger partial charge in [-0.3, -0.25) is 0 Å². The minimum absolute atomic E-state index is 0.466. The molecule has 4 heteroatoms. The molecule has 0 aliphatic carbocycles. The smallest absolute Gasteiger partial charge is 0.158 e. The molecular formula is C21H24NO3+. The summed E-state index contributed by atoms with van der Waals surface area (Å²) in [6, 6.07) is 21.3. The lowest BCUT2D eigenvalue weighted by atomic mass is 10.1. The Bertz CT molecular complexity index is 778. The Hall–Kier alpha value is -2.40. The van der Waals surface area contributed by atoms with Crippen molar-refractivity contribution in [3.8, 4) is 11.3 Å². The van der Waals surface area contributed by atoms with E-state index in [1.165, 1.54) is 0 Å². The van der Waals surface area contributed by atoms with Crippen LogP contribution >= 0.6 is 0 Å². The van der Waals surface area contributed by atoms with Gasteiger partial charge in [-0.25, -0.2) is 0 Å². The van der Waals surface area contributed by atoms with Crippen LogP contribution in [0, 0.1) is 0 Å². The summed E-state index contributed by atoms with van der Waals surface area (Å²) in [4.78, 5) is 0. The van der Waals surface area contributed by atoms with Gasteiger partial charge in [0, 0.05) is 5.56 Å². The van der Waals surface area contributed by atoms with Crippen molar-refractivity contribution >= 4 is 0 Å². The second-order valence-electron chi connectivity index (χ2n) is 6.22. The van der Waals surface area contributed by atoms with Gasteiger partial charge in [0.15, 0.2) is 5.76 Å². The van der Waals surface area contributed by atoms with Gasteiger partial charge >= 0.3 is 0 Å². The monoisotopic (exact) mass is 338 g/mol. The van der Waals surface area contributed by atoms with Crippen LogP contribution in [0.2, 0.25) is 0 Å². The topological polar surface area (TPSA) is 70.2 Å². The lowest BCUT2D eigenvalue weighted by molar-refractivity contribution is -0.679. The first-order valence-corrected chi connectivity index (χ1v) is 8.55. The average Bonchev–Trinajstić information content (AvgIpc) is 3.11. The molecule has 4 nitrogen and oxygen atoms in total. The van der Waals surface area contributed by atoms with Gasteiger partial charge in [0.05, 0.1) is 6.10 Å². The van der Waals surface area contributed by atoms with Gasteiger partial charge in [-0.1, -0.05) is 54.6 Å². The molecule has 1 aromatic heterocycles. The minimum Gasteiger partial charge on any atom is -0.455 e. The van der Waals surface area contributed by atoms with Crippen LogP contribution in [0.5, 0.6) is 0 Å². The highest BCUT2D eigenvalue weighted by molar-refractivity contribution is 5.58. The summed E-state index contributed by atoms with van der Waals surface area (Å²) in [5.41, 5.74) is 2.80. The molecule has 130 valence electrons. The van der Waals surface area contributed by atoms with Crippen molar-refractivity contribution in [3.63, 3.8) is 0 Å². The third kappa shape index (κ3) is 4.57. The number of quaternary nitrogens is 1. The average molecular weight is 338 g/mol. The molecule has 2 atom stereocenters. The Morgan fingerprint density at radius 1 is 0.880 bits per heavy atom. The van der Waals surface area contributed by atoms with E-state index in [-0.39, 0.29) is 0 Å². The van der Waals surface area contributed by atoms with E-state index >= 15 is 0 Å². The number of rotatable bonds is 7. The molecule has 0 fully saturated rings. The van der Waals surface area contributed by atoms with Crippen LogP contribution in [-0.4, -0.2) is 16.8 Å². The first-order chi connectivity index (χ1) is 12.1. The van der Waals surface area contributed by atoms with Gasteiger partial charge in [0.1, 0.15) is 25.0 Å². The van der Waals surface area contributed by atoms with E-state index in [2.05, 4.69) is 0 Å². The number of hydrogen-bond acceptors (Lipinski definition) is 3. The van der Waals surface area contributed by atoms with Crippen molar-refractivity contribution in [1.29, 1.82) is 0 Å². The summed E-state index contributed by atoms with van der Waals surface area (Å²) in [5, 5.41) is 21.8. The maximum Gasteiger partial charge on any atom is 0.158 e. The Morgan fingerprint density at radius 3 is 2.28 bits per heavy atom. The highest BCUT2D eigenvalue weighted by Gasteiger charge is 2.11. The van der Waals surface area contributed by atoms with E-state index in [4.69, 9.17) is 4.42 Å². The summed E-state index contributed by atoms with van der Waals surface area (Å²) in [6.45, 7) is 3.01. The van der Waals surface area contributed by atoms with Crippen LogP contribution in [0.3, 0.4) is 0 Å². The fraction of sp³-hybridized carbons (Fsp3) is 0.238. The van der Waals surface area contributed by atoms with Crippen LogP contribution < -0.4 is 5.32 Å². The summed E-state index contributed by atoms with van der Waals surface area (Å²) in [5.74, 6) is 1.68. The van der Waals surface area contributed by atoms with Gasteiger partial charge in [-0.2, -0.15) is 0 Å². The predicted octanol–water partition coefficient (Wildman–Crippen LogP) is 2.80. The van der Waals surface area contributed by atoms with Crippen molar-refractivity contribution in [2.24, 2.45) is 0 Å². The van der Waals surface area contributed by atoms with E-state index in [9.17, 15) is 10.2 Å². The zero-order chi connectivity index (χ0) is 17.6. The maximum atomic E-state index is 10.2. The van der Waals surface area contributed by atoms with Crippen molar-refractivity contribution in [2.45, 2.75) is 25.7 Å². The fourth-order valence-electron chi connectivity index (χ4n) is 2.76. The molecule has 1 heterocycles. The lowest BCUT2D eigenvalue weighted by Crippen LogP contribution is -2.83. The van der Waals surface area contributed by atoms with Crippen molar-refractivity contribution in [1.82, 2.24) is 0 Å². The SMILES string of the molecule is C[C@@H](O)c1ccc(-c2ccc(C[NH2+]C[C@H](O)c3ccccc3)o2)cc1. The Kier molecular flexibility index (Phi) is 5.66. The van der Waals surface area contributed by atoms with Crippen LogP contribution in [0.15, 0.2) is 71.1 Å². The molecule has 0 unspecified atom stereocenters. The molecule has 25 heavy (non-hydrogen) atoms. The highest BCUT2D eigenvalue weighted by Crippen LogP contribution is 2.24. The van der Waals surface area contributed by atoms with Gasteiger partial charge in [0.2, 0.25) is 0 Å². The first kappa shape index (κ1) is 17.4. The Balaban J connectivity index is 1.55. The number of benzene rings is 2. The van der Waals surface area contributed by atoms with Crippen LogP contribution in [0.1, 0.15) is 36.0 Å². The molecule has 0 amide bonds. The third-order valence-corrected chi connectivity index (χ3v) is 4.26. The van der Waals surface area contributed by atoms with Gasteiger partial charge in [-0.05, 0) is 30.2 Å². The molecule has 0 radical (unpaired) electrons. The van der Waals surface area contributed by atoms with E-state index in [0.717, 1.165) is 28.2 Å². The summed E-state index contributed by atoms with van der Waals surface area (Å²) in [7, 11) is 0. The first-order valence-electron chi connectivity index (χ1n) is 8.55. The van der Waals surface area contributed by atoms with Gasteiger partial charge in [-0.15, -0.1) is 0 Å². The number of hydrogen-bond donors (Lipinski definition) is 3. The lowest BCUT2D eigenvalue weighted by Gasteiger charge is -2.08. The Morgan fingerprint density at radius 2 is 1.60 bits per heavy atom. The van der Waals surface area contributed by atoms with Crippen LogP contribution in [0.25, 0.3) is 11.3 Å². The van der Waals surface area contributed by atoms with Crippen molar-refractivity contribution in [3.05, 3.63) is 83.6 Å². The number of furan rings is 1. The zero-order valence-electron chi connectivity index (χ0n) is 14.3. The van der Waals surface area contributed by atoms with Crippen LogP contribution in [-0.2, 0) is 6.54 Å². The van der Waals surface area contributed by atoms with Gasteiger partial charge < -0.3 is 19.9 Å². The zero-order valence-corrected chi connectivity index (χ0v) is 14.3. The van der Waals surface area contributed by atoms with E-state index in [1.807, 2.05) is 72.0 Å². The van der Waals surface area contributed by atoms with Crippen molar-refractivity contribution < 1.29 is 19.9 Å². The fourth-order valence-corrected chi connectivity index (χ4v) is 2.76. The largest absolute Gasteiger partial charge is 0.455 e. The third-order valence-electron chi connectivity index (χ3n) is 4.26. The number of nitrogens with two attached hydrogens (primary N) is 1. The summed E-state index contributed by atoms with van der Waals surface area (Å²) >= 11 is 0. The molecule has 0 bridgehead atoms. The summed E-state index contributed by atoms with van der Waals surface area (Å²) in [6.07, 6.45) is -0.949. The molecule has 0 aliphatic heterocycles. The van der Waals surface area contributed by atoms with Crippen LogP contribution in [0.4, 0.5) is 0 Å². The highest BCUT2D eigenvalue weighted by atomic mass is 16.3. The standard InChI is InChI=1S/C21H23NO3/c1-15(23)16-7-9-18(10-8-16)21-12-11-19(25-21)13-22-14-20(24)17-5-3-2-4-6-17/h2-12,15,20,22-24H,13-14H2,1H3/p+1/t15-,20+/m1/s1. The molecular weight excluding hydrogens is 314 g/mol. The molecule has 3 rings (SSSR count). The second kappa shape index (κ2) is 8.12. The molecule has 0 saturated heterocycles. The number of aliphatic hydroxyl groups excluding tert-OH is 2. The molecule has 0 spiro atoms.